The Balaban J connectivity index is 1.66. The molecule has 0 bridgehead atoms. The van der Waals surface area contributed by atoms with Crippen molar-refractivity contribution in [3.05, 3.63) is 59.1 Å². The molecule has 1 amide bonds. The number of rotatable bonds is 8. The maximum absolute atomic E-state index is 13.1. The number of hydrogen-bond donors (Lipinski definition) is 1. The Morgan fingerprint density at radius 2 is 1.91 bits per heavy atom. The molecule has 0 radical (unpaired) electrons. The average Bonchev–Trinajstić information content (AvgIpc) is 2.80. The van der Waals surface area contributed by atoms with Crippen LogP contribution in [0.3, 0.4) is 0 Å². The zero-order valence-corrected chi connectivity index (χ0v) is 20.2. The maximum Gasteiger partial charge on any atom is 0.243 e. The number of nitrogens with zero attached hydrogens (tertiary/aromatic N) is 2. The summed E-state index contributed by atoms with van der Waals surface area (Å²) >= 11 is 6.35. The second kappa shape index (κ2) is 10.7. The van der Waals surface area contributed by atoms with E-state index in [0.717, 1.165) is 5.56 Å². The summed E-state index contributed by atoms with van der Waals surface area (Å²) in [6, 6.07) is 13.8. The number of nitrogens with one attached hydrogen (secondary N) is 1. The molecule has 2 atom stereocenters. The molecule has 9 heteroatoms. The molecule has 1 heterocycles. The molecule has 3 rings (SSSR count). The number of ether oxygens (including phenoxy) is 1. The number of methoxy groups -OCH3 is 1. The molecule has 174 valence electrons. The van der Waals surface area contributed by atoms with Crippen molar-refractivity contribution in [2.75, 3.05) is 40.8 Å². The van der Waals surface area contributed by atoms with E-state index >= 15 is 0 Å². The minimum Gasteiger partial charge on any atom is -0.497 e. The van der Waals surface area contributed by atoms with E-state index in [0.29, 0.717) is 36.7 Å². The Hall–Kier alpha value is -2.13. The molecule has 0 aromatic heterocycles. The molecule has 2 aromatic carbocycles. The number of piperidine rings is 1. The van der Waals surface area contributed by atoms with E-state index in [1.54, 1.807) is 12.1 Å². The first-order valence-electron chi connectivity index (χ1n) is 10.6. The standard InChI is InChI=1S/C23H30ClN3O4S/c1-26(2)22(20-8-4-5-9-21(20)24)15-25-23(28)17-7-6-14-27(16-17)32(29,30)19-12-10-18(31-3)11-13-19/h4-5,8-13,17,22H,6-7,14-16H2,1-3H3,(H,25,28). The van der Waals surface area contributed by atoms with Crippen LogP contribution in [0.25, 0.3) is 0 Å². The molecular formula is C23H30ClN3O4S. The summed E-state index contributed by atoms with van der Waals surface area (Å²) in [6.07, 6.45) is 1.29. The van der Waals surface area contributed by atoms with Crippen LogP contribution in [-0.2, 0) is 14.8 Å². The van der Waals surface area contributed by atoms with Crippen LogP contribution in [-0.4, -0.2) is 64.4 Å². The quantitative estimate of drug-likeness (QED) is 0.629. The van der Waals surface area contributed by atoms with Crippen LogP contribution in [0.5, 0.6) is 5.75 Å². The highest BCUT2D eigenvalue weighted by Gasteiger charge is 2.33. The molecular weight excluding hydrogens is 450 g/mol. The highest BCUT2D eigenvalue weighted by Crippen LogP contribution is 2.27. The van der Waals surface area contributed by atoms with Gasteiger partial charge in [0.1, 0.15) is 5.75 Å². The van der Waals surface area contributed by atoms with Gasteiger partial charge in [-0.1, -0.05) is 29.8 Å². The molecule has 7 nitrogen and oxygen atoms in total. The van der Waals surface area contributed by atoms with Crippen LogP contribution in [0.4, 0.5) is 0 Å². The lowest BCUT2D eigenvalue weighted by Gasteiger charge is -2.32. The van der Waals surface area contributed by atoms with Crippen molar-refractivity contribution in [1.29, 1.82) is 0 Å². The Labute approximate surface area is 195 Å². The summed E-state index contributed by atoms with van der Waals surface area (Å²) in [7, 11) is 1.73. The number of benzene rings is 2. The third-order valence-corrected chi connectivity index (χ3v) is 8.03. The molecule has 32 heavy (non-hydrogen) atoms. The topological polar surface area (TPSA) is 79.0 Å². The van der Waals surface area contributed by atoms with E-state index < -0.39 is 15.9 Å². The van der Waals surface area contributed by atoms with E-state index in [4.69, 9.17) is 16.3 Å². The first-order valence-corrected chi connectivity index (χ1v) is 12.4. The highest BCUT2D eigenvalue weighted by molar-refractivity contribution is 7.89. The molecule has 1 aliphatic rings. The van der Waals surface area contributed by atoms with E-state index in [1.165, 1.54) is 23.5 Å². The van der Waals surface area contributed by atoms with Crippen LogP contribution in [0.1, 0.15) is 24.4 Å². The van der Waals surface area contributed by atoms with Gasteiger partial charge in [0.15, 0.2) is 0 Å². The fraction of sp³-hybridized carbons (Fsp3) is 0.435. The fourth-order valence-electron chi connectivity index (χ4n) is 3.93. The molecule has 1 N–H and O–H groups in total. The third-order valence-electron chi connectivity index (χ3n) is 5.81. The zero-order chi connectivity index (χ0) is 23.3. The summed E-state index contributed by atoms with van der Waals surface area (Å²) in [5, 5.41) is 3.66. The fourth-order valence-corrected chi connectivity index (χ4v) is 5.71. The normalized spacial score (nSPS) is 18.3. The number of likely N-dealkylation sites (N-methyl/N-ethyl adjacent to an activating group) is 1. The minimum absolute atomic E-state index is 0.0876. The van der Waals surface area contributed by atoms with Crippen LogP contribution < -0.4 is 10.1 Å². The van der Waals surface area contributed by atoms with Gasteiger partial charge in [0.25, 0.3) is 0 Å². The first kappa shape index (κ1) is 24.5. The number of carbonyl (C=O) groups is 1. The molecule has 2 unspecified atom stereocenters. The molecule has 2 aromatic rings. The van der Waals surface area contributed by atoms with Gasteiger partial charge in [0, 0.05) is 24.7 Å². The van der Waals surface area contributed by atoms with Gasteiger partial charge in [-0.2, -0.15) is 4.31 Å². The monoisotopic (exact) mass is 479 g/mol. The molecule has 1 aliphatic heterocycles. The summed E-state index contributed by atoms with van der Waals surface area (Å²) in [5.74, 6) is 0.0539. The van der Waals surface area contributed by atoms with E-state index in [2.05, 4.69) is 5.32 Å². The third kappa shape index (κ3) is 5.61. The Bertz CT molecular complexity index is 1030. The van der Waals surface area contributed by atoms with Crippen molar-refractivity contribution >= 4 is 27.5 Å². The summed E-state index contributed by atoms with van der Waals surface area (Å²) in [4.78, 5) is 15.1. The summed E-state index contributed by atoms with van der Waals surface area (Å²) in [6.45, 7) is 0.953. The van der Waals surface area contributed by atoms with Crippen molar-refractivity contribution in [2.24, 2.45) is 5.92 Å². The van der Waals surface area contributed by atoms with Gasteiger partial charge in [-0.3, -0.25) is 4.79 Å². The SMILES string of the molecule is COc1ccc(S(=O)(=O)N2CCCC(C(=O)NCC(c3ccccc3Cl)N(C)C)C2)cc1. The molecule has 1 fully saturated rings. The second-order valence-electron chi connectivity index (χ2n) is 8.12. The van der Waals surface area contributed by atoms with Gasteiger partial charge in [-0.15, -0.1) is 0 Å². The predicted octanol–water partition coefficient (Wildman–Crippen LogP) is 3.17. The Kier molecular flexibility index (Phi) is 8.16. The zero-order valence-electron chi connectivity index (χ0n) is 18.6. The van der Waals surface area contributed by atoms with Crippen LogP contribution in [0.15, 0.2) is 53.4 Å². The van der Waals surface area contributed by atoms with Gasteiger partial charge in [-0.25, -0.2) is 8.42 Å². The van der Waals surface area contributed by atoms with Gasteiger partial charge >= 0.3 is 0 Å². The van der Waals surface area contributed by atoms with E-state index in [9.17, 15) is 13.2 Å². The highest BCUT2D eigenvalue weighted by atomic mass is 35.5. The lowest BCUT2D eigenvalue weighted by Crippen LogP contribution is -2.46. The van der Waals surface area contributed by atoms with Gasteiger partial charge in [0.05, 0.1) is 24.0 Å². The predicted molar refractivity (Wildman–Crippen MR) is 125 cm³/mol. The first-order chi connectivity index (χ1) is 15.2. The minimum atomic E-state index is -3.67. The van der Waals surface area contributed by atoms with Crippen molar-refractivity contribution in [2.45, 2.75) is 23.8 Å². The smallest absolute Gasteiger partial charge is 0.243 e. The number of hydrogen-bond acceptors (Lipinski definition) is 5. The van der Waals surface area contributed by atoms with Crippen molar-refractivity contribution < 1.29 is 17.9 Å². The summed E-state index contributed by atoms with van der Waals surface area (Å²) < 4.78 is 32.6. The second-order valence-corrected chi connectivity index (χ2v) is 10.5. The molecule has 0 spiro atoms. The maximum atomic E-state index is 13.1. The van der Waals surface area contributed by atoms with Gasteiger partial charge < -0.3 is 15.0 Å². The van der Waals surface area contributed by atoms with Gasteiger partial charge in [-0.05, 0) is 62.8 Å². The van der Waals surface area contributed by atoms with Gasteiger partial charge in [0.2, 0.25) is 15.9 Å². The van der Waals surface area contributed by atoms with Crippen LogP contribution in [0, 0.1) is 5.92 Å². The van der Waals surface area contributed by atoms with E-state index in [-0.39, 0.29) is 23.4 Å². The van der Waals surface area contributed by atoms with E-state index in [1.807, 2.05) is 43.3 Å². The van der Waals surface area contributed by atoms with Crippen LogP contribution in [0.2, 0.25) is 5.02 Å². The van der Waals surface area contributed by atoms with Crippen molar-refractivity contribution in [3.63, 3.8) is 0 Å². The van der Waals surface area contributed by atoms with Crippen molar-refractivity contribution in [3.8, 4) is 5.75 Å². The number of halogens is 1. The van der Waals surface area contributed by atoms with Crippen molar-refractivity contribution in [1.82, 2.24) is 14.5 Å². The number of carbonyl (C=O) groups excluding carboxylic acids is 1. The molecule has 0 saturated carbocycles. The lowest BCUT2D eigenvalue weighted by molar-refractivity contribution is -0.126. The Morgan fingerprint density at radius 3 is 2.53 bits per heavy atom. The van der Waals surface area contributed by atoms with Crippen LogP contribution >= 0.6 is 11.6 Å². The summed E-state index contributed by atoms with van der Waals surface area (Å²) in [5.41, 5.74) is 0.937. The average molecular weight is 480 g/mol. The lowest BCUT2D eigenvalue weighted by atomic mass is 9.98. The Morgan fingerprint density at radius 1 is 1.22 bits per heavy atom. The molecule has 1 saturated heterocycles. The number of sulfonamides is 1. The largest absolute Gasteiger partial charge is 0.497 e. The number of amides is 1. The molecule has 0 aliphatic carbocycles.